The minimum absolute atomic E-state index is 0.0529. The van der Waals surface area contributed by atoms with Crippen LogP contribution in [0.2, 0.25) is 0 Å². The molecule has 1 aromatic heterocycles. The zero-order valence-electron chi connectivity index (χ0n) is 25.8. The number of ether oxygens (including phenoxy) is 2. The minimum atomic E-state index is -0.583. The quantitative estimate of drug-likeness (QED) is 0.111. The Bertz CT molecular complexity index is 1230. The van der Waals surface area contributed by atoms with Gasteiger partial charge >= 0.3 is 5.97 Å². The molecule has 0 radical (unpaired) electrons. The maximum absolute atomic E-state index is 12.9. The molecule has 226 valence electrons. The number of aromatic nitrogens is 2. The summed E-state index contributed by atoms with van der Waals surface area (Å²) in [6, 6.07) is 13.8. The van der Waals surface area contributed by atoms with Gasteiger partial charge in [-0.1, -0.05) is 83.1 Å². The van der Waals surface area contributed by atoms with Crippen LogP contribution < -0.4 is 15.2 Å². The molecule has 6 nitrogen and oxygen atoms in total. The number of nitrogens with zero attached hydrogens (tertiary/aromatic N) is 2. The zero-order chi connectivity index (χ0) is 29.7. The Balaban J connectivity index is 1.30. The van der Waals surface area contributed by atoms with Gasteiger partial charge in [0.2, 0.25) is 5.88 Å². The van der Waals surface area contributed by atoms with Crippen LogP contribution in [0.25, 0.3) is 11.3 Å². The Morgan fingerprint density at radius 3 is 2.33 bits per heavy atom. The number of unbranched alkanes of at least 4 members (excludes halogenated alkanes) is 5. The van der Waals surface area contributed by atoms with Crippen molar-refractivity contribution in [2.45, 2.75) is 116 Å². The third-order valence-electron chi connectivity index (χ3n) is 8.61. The van der Waals surface area contributed by atoms with Gasteiger partial charge in [-0.15, -0.1) is 0 Å². The van der Waals surface area contributed by atoms with E-state index in [1.165, 1.54) is 82.4 Å². The van der Waals surface area contributed by atoms with Gasteiger partial charge in [0.15, 0.2) is 0 Å². The van der Waals surface area contributed by atoms with Crippen LogP contribution in [0.3, 0.4) is 0 Å². The second-order valence-corrected chi connectivity index (χ2v) is 12.0. The molecule has 3 aromatic rings. The highest BCUT2D eigenvalue weighted by atomic mass is 16.5. The van der Waals surface area contributed by atoms with Crippen LogP contribution in [0.15, 0.2) is 54.9 Å². The Hall–Kier alpha value is -3.41. The number of nitrogen functional groups attached to an aromatic ring is 1. The summed E-state index contributed by atoms with van der Waals surface area (Å²) in [4.78, 5) is 21.8. The van der Waals surface area contributed by atoms with Crippen LogP contribution in [0, 0.1) is 5.92 Å². The second kappa shape index (κ2) is 16.3. The lowest BCUT2D eigenvalue weighted by molar-refractivity contribution is 0.0727. The van der Waals surface area contributed by atoms with Crippen LogP contribution >= 0.6 is 0 Å². The SMILES string of the molecule is CCCCCC[C@@H](C)Oc1ccc(N)c(C(=O)Oc2cnc(-c3ccc([C@H]4CC[C@H](CCCCC)CC4)cc3)cn2)c1. The van der Waals surface area contributed by atoms with Crippen LogP contribution in [-0.4, -0.2) is 22.0 Å². The summed E-state index contributed by atoms with van der Waals surface area (Å²) in [5.41, 5.74) is 9.83. The van der Waals surface area contributed by atoms with E-state index in [4.69, 9.17) is 15.2 Å². The molecular formula is C36H49N3O3. The summed E-state index contributed by atoms with van der Waals surface area (Å²) < 4.78 is 11.5. The molecule has 4 rings (SSSR count). The molecule has 1 atom stereocenters. The number of carbonyl (C=O) groups excluding carboxylic acids is 1. The number of nitrogens with two attached hydrogens (primary N) is 1. The van der Waals surface area contributed by atoms with E-state index in [1.54, 1.807) is 24.4 Å². The molecule has 2 N–H and O–H groups in total. The Kier molecular flexibility index (Phi) is 12.2. The van der Waals surface area contributed by atoms with Crippen LogP contribution in [0.5, 0.6) is 11.6 Å². The summed E-state index contributed by atoms with van der Waals surface area (Å²) in [5, 5.41) is 0. The summed E-state index contributed by atoms with van der Waals surface area (Å²) >= 11 is 0. The summed E-state index contributed by atoms with van der Waals surface area (Å²) in [5.74, 6) is 1.72. The molecule has 1 fully saturated rings. The van der Waals surface area contributed by atoms with Gasteiger partial charge < -0.3 is 15.2 Å². The van der Waals surface area contributed by atoms with E-state index in [1.807, 2.05) is 6.92 Å². The third kappa shape index (κ3) is 9.30. The first kappa shape index (κ1) is 31.5. The van der Waals surface area contributed by atoms with Crippen LogP contribution in [0.4, 0.5) is 5.69 Å². The van der Waals surface area contributed by atoms with E-state index < -0.39 is 5.97 Å². The van der Waals surface area contributed by atoms with Crippen molar-refractivity contribution in [3.8, 4) is 22.9 Å². The predicted octanol–water partition coefficient (Wildman–Crippen LogP) is 9.54. The van der Waals surface area contributed by atoms with Crippen molar-refractivity contribution in [2.75, 3.05) is 5.73 Å². The highest BCUT2D eigenvalue weighted by molar-refractivity contribution is 5.96. The Morgan fingerprint density at radius 2 is 1.64 bits per heavy atom. The van der Waals surface area contributed by atoms with Gasteiger partial charge in [-0.3, -0.25) is 0 Å². The molecule has 0 amide bonds. The van der Waals surface area contributed by atoms with Crippen molar-refractivity contribution in [1.29, 1.82) is 0 Å². The van der Waals surface area contributed by atoms with Crippen molar-refractivity contribution in [2.24, 2.45) is 5.92 Å². The topological polar surface area (TPSA) is 87.3 Å². The Labute approximate surface area is 252 Å². The van der Waals surface area contributed by atoms with Crippen molar-refractivity contribution in [1.82, 2.24) is 9.97 Å². The molecule has 2 aromatic carbocycles. The second-order valence-electron chi connectivity index (χ2n) is 12.0. The molecule has 1 heterocycles. The van der Waals surface area contributed by atoms with Crippen LogP contribution in [0.1, 0.15) is 126 Å². The van der Waals surface area contributed by atoms with Crippen LogP contribution in [-0.2, 0) is 0 Å². The standard InChI is InChI=1S/C36H49N3O3/c1-4-6-8-10-11-26(3)41-31-21-22-33(37)32(23-31)36(40)42-35-25-38-34(24-39-35)30-19-17-29(18-20-30)28-15-13-27(14-16-28)12-9-7-5-2/h17-28H,4-16,37H2,1-3H3/t26-,27-,28-/m1/s1. The molecule has 42 heavy (non-hydrogen) atoms. The first-order chi connectivity index (χ1) is 20.5. The molecule has 6 heteroatoms. The number of carbonyl (C=O) groups is 1. The van der Waals surface area contributed by atoms with Crippen molar-refractivity contribution in [3.05, 3.63) is 66.0 Å². The number of benzene rings is 2. The molecule has 0 spiro atoms. The van der Waals surface area contributed by atoms with E-state index in [9.17, 15) is 4.79 Å². The fourth-order valence-electron chi connectivity index (χ4n) is 6.00. The number of hydrogen-bond donors (Lipinski definition) is 1. The summed E-state index contributed by atoms with van der Waals surface area (Å²) in [6.07, 6.45) is 19.6. The van der Waals surface area contributed by atoms with E-state index in [2.05, 4.69) is 48.1 Å². The Morgan fingerprint density at radius 1 is 0.905 bits per heavy atom. The zero-order valence-corrected chi connectivity index (χ0v) is 25.8. The normalized spacial score (nSPS) is 17.5. The van der Waals surface area contributed by atoms with E-state index >= 15 is 0 Å². The maximum atomic E-state index is 12.9. The lowest BCUT2D eigenvalue weighted by Gasteiger charge is -2.29. The molecular weight excluding hydrogens is 522 g/mol. The van der Waals surface area contributed by atoms with Gasteiger partial charge in [0.05, 0.1) is 29.8 Å². The van der Waals surface area contributed by atoms with Crippen molar-refractivity contribution >= 4 is 11.7 Å². The van der Waals surface area contributed by atoms with Crippen molar-refractivity contribution < 1.29 is 14.3 Å². The predicted molar refractivity (Wildman–Crippen MR) is 171 cm³/mol. The van der Waals surface area contributed by atoms with Gasteiger partial charge in [-0.05, 0) is 81.0 Å². The fourth-order valence-corrected chi connectivity index (χ4v) is 6.00. The van der Waals surface area contributed by atoms with Crippen molar-refractivity contribution in [3.63, 3.8) is 0 Å². The molecule has 1 aliphatic rings. The third-order valence-corrected chi connectivity index (χ3v) is 8.61. The van der Waals surface area contributed by atoms with E-state index in [-0.39, 0.29) is 17.5 Å². The monoisotopic (exact) mass is 571 g/mol. The number of anilines is 1. The highest BCUT2D eigenvalue weighted by Gasteiger charge is 2.22. The van der Waals surface area contributed by atoms with E-state index in [0.29, 0.717) is 17.4 Å². The highest BCUT2D eigenvalue weighted by Crippen LogP contribution is 2.38. The molecule has 0 aliphatic heterocycles. The molecule has 0 unspecified atom stereocenters. The number of hydrogen-bond acceptors (Lipinski definition) is 6. The average molecular weight is 572 g/mol. The molecule has 1 aliphatic carbocycles. The lowest BCUT2D eigenvalue weighted by atomic mass is 9.77. The molecule has 0 saturated heterocycles. The number of rotatable bonds is 15. The first-order valence-electron chi connectivity index (χ1n) is 16.2. The van der Waals surface area contributed by atoms with Gasteiger partial charge in [0.25, 0.3) is 0 Å². The lowest BCUT2D eigenvalue weighted by Crippen LogP contribution is -2.15. The van der Waals surface area contributed by atoms with Gasteiger partial charge in [0.1, 0.15) is 5.75 Å². The van der Waals surface area contributed by atoms with Gasteiger partial charge in [-0.2, -0.15) is 0 Å². The average Bonchev–Trinajstić information content (AvgIpc) is 3.01. The summed E-state index contributed by atoms with van der Waals surface area (Å²) in [6.45, 7) is 6.53. The van der Waals surface area contributed by atoms with E-state index in [0.717, 1.165) is 30.0 Å². The smallest absolute Gasteiger partial charge is 0.347 e. The largest absolute Gasteiger partial charge is 0.491 e. The first-order valence-corrected chi connectivity index (χ1v) is 16.2. The molecule has 1 saturated carbocycles. The number of esters is 1. The fraction of sp³-hybridized carbons (Fsp3) is 0.528. The summed E-state index contributed by atoms with van der Waals surface area (Å²) in [7, 11) is 0. The van der Waals surface area contributed by atoms with Gasteiger partial charge in [0, 0.05) is 11.3 Å². The molecule has 0 bridgehead atoms. The maximum Gasteiger partial charge on any atom is 0.347 e. The van der Waals surface area contributed by atoms with Gasteiger partial charge in [-0.25, -0.2) is 14.8 Å². The minimum Gasteiger partial charge on any atom is -0.491 e.